The van der Waals surface area contributed by atoms with E-state index in [2.05, 4.69) is 6.58 Å². The van der Waals surface area contributed by atoms with Gasteiger partial charge in [-0.1, -0.05) is 12.1 Å². The molecule has 0 unspecified atom stereocenters. The second-order valence-electron chi connectivity index (χ2n) is 5.23. The normalized spacial score (nSPS) is 24.3. The van der Waals surface area contributed by atoms with Crippen LogP contribution in [0.2, 0.25) is 0 Å². The monoisotopic (exact) mass is 330 g/mol. The summed E-state index contributed by atoms with van der Waals surface area (Å²) in [7, 11) is -3.52. The van der Waals surface area contributed by atoms with Gasteiger partial charge in [-0.3, -0.25) is 0 Å². The Morgan fingerprint density at radius 3 is 2.95 bits per heavy atom. The third kappa shape index (κ3) is 3.92. The lowest BCUT2D eigenvalue weighted by Crippen LogP contribution is -2.54. The van der Waals surface area contributed by atoms with Crippen LogP contribution in [-0.2, 0) is 21.5 Å². The standard InChI is InChI=1S/C14H22N2O3S2/c1-4-7-15(10-14-6-5-8-20-14)21(17,18)16-9-13(3)19-11-12(16)2/h4-6,8,12-13H,1,7,9-11H2,2-3H3/t12-,13-/m0/s1. The number of hydrogen-bond acceptors (Lipinski definition) is 4. The smallest absolute Gasteiger partial charge is 0.283 e. The Kier molecular flexibility index (Phi) is 5.56. The minimum absolute atomic E-state index is 0.0803. The lowest BCUT2D eigenvalue weighted by atomic mass is 10.2. The Hall–Kier alpha value is -0.730. The topological polar surface area (TPSA) is 49.9 Å². The van der Waals surface area contributed by atoms with Gasteiger partial charge in [0, 0.05) is 30.6 Å². The average molecular weight is 330 g/mol. The van der Waals surface area contributed by atoms with E-state index < -0.39 is 10.2 Å². The fourth-order valence-electron chi connectivity index (χ4n) is 2.30. The Morgan fingerprint density at radius 2 is 2.33 bits per heavy atom. The van der Waals surface area contributed by atoms with Crippen molar-refractivity contribution >= 4 is 21.5 Å². The Morgan fingerprint density at radius 1 is 1.57 bits per heavy atom. The molecular weight excluding hydrogens is 308 g/mol. The molecule has 0 N–H and O–H groups in total. The van der Waals surface area contributed by atoms with Gasteiger partial charge < -0.3 is 4.74 Å². The first-order valence-electron chi connectivity index (χ1n) is 6.97. The first-order chi connectivity index (χ1) is 9.95. The van der Waals surface area contributed by atoms with Crippen molar-refractivity contribution in [2.24, 2.45) is 0 Å². The van der Waals surface area contributed by atoms with E-state index in [0.29, 0.717) is 26.2 Å². The van der Waals surface area contributed by atoms with Crippen molar-refractivity contribution in [3.8, 4) is 0 Å². The summed E-state index contributed by atoms with van der Waals surface area (Å²) in [6, 6.07) is 3.72. The number of hydrogen-bond donors (Lipinski definition) is 0. The largest absolute Gasteiger partial charge is 0.375 e. The molecule has 7 heteroatoms. The lowest BCUT2D eigenvalue weighted by molar-refractivity contribution is -0.0190. The van der Waals surface area contributed by atoms with Crippen molar-refractivity contribution in [2.45, 2.75) is 32.5 Å². The summed E-state index contributed by atoms with van der Waals surface area (Å²) in [4.78, 5) is 1.02. The number of morpholine rings is 1. The summed E-state index contributed by atoms with van der Waals surface area (Å²) >= 11 is 1.56. The van der Waals surface area contributed by atoms with E-state index in [4.69, 9.17) is 4.74 Å². The van der Waals surface area contributed by atoms with Crippen molar-refractivity contribution < 1.29 is 13.2 Å². The maximum absolute atomic E-state index is 12.9. The molecule has 1 fully saturated rings. The van der Waals surface area contributed by atoms with Crippen LogP contribution in [-0.4, -0.2) is 48.9 Å². The Bertz CT molecular complexity index is 557. The van der Waals surface area contributed by atoms with E-state index in [1.165, 1.54) is 8.61 Å². The molecule has 118 valence electrons. The molecule has 1 saturated heterocycles. The molecule has 1 aliphatic rings. The highest BCUT2D eigenvalue weighted by atomic mass is 32.2. The van der Waals surface area contributed by atoms with Crippen molar-refractivity contribution in [1.29, 1.82) is 0 Å². The zero-order valence-electron chi connectivity index (χ0n) is 12.4. The quantitative estimate of drug-likeness (QED) is 0.751. The van der Waals surface area contributed by atoms with Gasteiger partial charge in [-0.15, -0.1) is 17.9 Å². The number of thiophene rings is 1. The molecule has 0 bridgehead atoms. The summed E-state index contributed by atoms with van der Waals surface area (Å²) in [5.74, 6) is 0. The van der Waals surface area contributed by atoms with E-state index in [1.807, 2.05) is 31.4 Å². The highest BCUT2D eigenvalue weighted by Crippen LogP contribution is 2.22. The van der Waals surface area contributed by atoms with E-state index in [0.717, 1.165) is 4.88 Å². The van der Waals surface area contributed by atoms with Crippen LogP contribution in [0, 0.1) is 0 Å². The molecule has 2 rings (SSSR count). The predicted octanol–water partition coefficient (Wildman–Crippen LogP) is 2.09. The molecule has 5 nitrogen and oxygen atoms in total. The molecule has 0 spiro atoms. The Labute approximate surface area is 131 Å². The van der Waals surface area contributed by atoms with Gasteiger partial charge in [0.2, 0.25) is 0 Å². The predicted molar refractivity (Wildman–Crippen MR) is 85.4 cm³/mol. The lowest BCUT2D eigenvalue weighted by Gasteiger charge is -2.38. The van der Waals surface area contributed by atoms with E-state index in [1.54, 1.807) is 17.4 Å². The highest BCUT2D eigenvalue weighted by Gasteiger charge is 2.36. The third-order valence-electron chi connectivity index (χ3n) is 3.42. The first-order valence-corrected chi connectivity index (χ1v) is 9.24. The summed E-state index contributed by atoms with van der Waals surface area (Å²) in [6.07, 6.45) is 1.54. The number of ether oxygens (including phenoxy) is 1. The van der Waals surface area contributed by atoms with E-state index in [9.17, 15) is 8.42 Å². The maximum Gasteiger partial charge on any atom is 0.283 e. The Balaban J connectivity index is 2.21. The third-order valence-corrected chi connectivity index (χ3v) is 6.31. The second-order valence-corrected chi connectivity index (χ2v) is 8.14. The molecule has 0 saturated carbocycles. The van der Waals surface area contributed by atoms with Crippen molar-refractivity contribution in [1.82, 2.24) is 8.61 Å². The van der Waals surface area contributed by atoms with Crippen LogP contribution in [0.4, 0.5) is 0 Å². The molecule has 0 aromatic carbocycles. The molecule has 1 aromatic heterocycles. The van der Waals surface area contributed by atoms with Gasteiger partial charge in [-0.05, 0) is 25.3 Å². The van der Waals surface area contributed by atoms with Gasteiger partial charge in [0.25, 0.3) is 10.2 Å². The van der Waals surface area contributed by atoms with Gasteiger partial charge in [0.1, 0.15) is 0 Å². The summed E-state index contributed by atoms with van der Waals surface area (Å²) < 4.78 is 34.4. The van der Waals surface area contributed by atoms with Crippen molar-refractivity contribution in [3.05, 3.63) is 35.0 Å². The van der Waals surface area contributed by atoms with Crippen LogP contribution in [0.5, 0.6) is 0 Å². The fraction of sp³-hybridized carbons (Fsp3) is 0.571. The SMILES string of the molecule is C=CCN(Cc1cccs1)S(=O)(=O)N1C[C@H](C)OC[C@@H]1C. The fourth-order valence-corrected chi connectivity index (χ4v) is 4.91. The maximum atomic E-state index is 12.9. The van der Waals surface area contributed by atoms with Crippen molar-refractivity contribution in [3.63, 3.8) is 0 Å². The first kappa shape index (κ1) is 16.6. The average Bonchev–Trinajstić information content (AvgIpc) is 2.94. The van der Waals surface area contributed by atoms with Crippen LogP contribution < -0.4 is 0 Å². The molecule has 1 aliphatic heterocycles. The van der Waals surface area contributed by atoms with Crippen LogP contribution in [0.3, 0.4) is 0 Å². The van der Waals surface area contributed by atoms with Gasteiger partial charge in [-0.25, -0.2) is 0 Å². The molecule has 0 aliphatic carbocycles. The zero-order valence-corrected chi connectivity index (χ0v) is 14.1. The minimum Gasteiger partial charge on any atom is -0.375 e. The van der Waals surface area contributed by atoms with Gasteiger partial charge in [0.15, 0.2) is 0 Å². The minimum atomic E-state index is -3.52. The van der Waals surface area contributed by atoms with Crippen LogP contribution >= 0.6 is 11.3 Å². The zero-order chi connectivity index (χ0) is 15.5. The second kappa shape index (κ2) is 7.02. The van der Waals surface area contributed by atoms with Crippen molar-refractivity contribution in [2.75, 3.05) is 19.7 Å². The summed E-state index contributed by atoms with van der Waals surface area (Å²) in [5.41, 5.74) is 0. The van der Waals surface area contributed by atoms with E-state index in [-0.39, 0.29) is 12.1 Å². The molecule has 0 radical (unpaired) electrons. The summed E-state index contributed by atoms with van der Waals surface area (Å²) in [5, 5.41) is 1.95. The van der Waals surface area contributed by atoms with Crippen LogP contribution in [0.15, 0.2) is 30.2 Å². The molecule has 21 heavy (non-hydrogen) atoms. The number of rotatable bonds is 6. The molecular formula is C14H22N2O3S2. The van der Waals surface area contributed by atoms with Gasteiger partial charge >= 0.3 is 0 Å². The number of nitrogens with zero attached hydrogens (tertiary/aromatic N) is 2. The van der Waals surface area contributed by atoms with E-state index >= 15 is 0 Å². The molecule has 2 heterocycles. The molecule has 2 atom stereocenters. The van der Waals surface area contributed by atoms with Gasteiger partial charge in [0.05, 0.1) is 12.7 Å². The summed E-state index contributed by atoms with van der Waals surface area (Å²) in [6.45, 7) is 8.95. The van der Waals surface area contributed by atoms with Gasteiger partial charge in [-0.2, -0.15) is 17.0 Å². The van der Waals surface area contributed by atoms with Crippen LogP contribution in [0.1, 0.15) is 18.7 Å². The molecule has 1 aromatic rings. The van der Waals surface area contributed by atoms with Crippen LogP contribution in [0.25, 0.3) is 0 Å². The highest BCUT2D eigenvalue weighted by molar-refractivity contribution is 7.86. The molecule has 0 amide bonds.